The van der Waals surface area contributed by atoms with Gasteiger partial charge in [0.15, 0.2) is 0 Å². The first-order valence-corrected chi connectivity index (χ1v) is 4.81. The van der Waals surface area contributed by atoms with Gasteiger partial charge in [-0.05, 0) is 6.92 Å². The second-order valence-corrected chi connectivity index (χ2v) is 3.49. The van der Waals surface area contributed by atoms with Crippen molar-refractivity contribution in [2.45, 2.75) is 37.3 Å². The number of rotatable bonds is 6. The molecule has 124 valence electrons. The van der Waals surface area contributed by atoms with Gasteiger partial charge in [0.2, 0.25) is 6.29 Å². The monoisotopic (exact) mass is 334 g/mol. The predicted octanol–water partition coefficient (Wildman–Crippen LogP) is 3.50. The third-order valence-corrected chi connectivity index (χ3v) is 1.88. The van der Waals surface area contributed by atoms with Gasteiger partial charge in [-0.3, -0.25) is 4.74 Å². The van der Waals surface area contributed by atoms with Crippen LogP contribution >= 0.6 is 0 Å². The molecule has 0 aliphatic heterocycles. The second-order valence-electron chi connectivity index (χ2n) is 3.49. The van der Waals surface area contributed by atoms with Crippen LogP contribution in [0.5, 0.6) is 0 Å². The van der Waals surface area contributed by atoms with Crippen LogP contribution in [0.15, 0.2) is 12.7 Å². The molecule has 21 heavy (non-hydrogen) atoms. The zero-order valence-corrected chi connectivity index (χ0v) is 9.99. The summed E-state index contributed by atoms with van der Waals surface area (Å²) in [4.78, 5) is 10.5. The van der Waals surface area contributed by atoms with Gasteiger partial charge < -0.3 is 4.74 Å². The number of ether oxygens (including phenoxy) is 2. The van der Waals surface area contributed by atoms with Crippen LogP contribution in [0.2, 0.25) is 0 Å². The Bertz CT molecular complexity index is 402. The molecule has 0 aromatic heterocycles. The fourth-order valence-electron chi connectivity index (χ4n) is 0.879. The minimum Gasteiger partial charge on any atom is -0.433 e. The smallest absolute Gasteiger partial charge is 0.433 e. The molecular formula is C9H7F9O3. The Morgan fingerprint density at radius 1 is 1.00 bits per heavy atom. The molecule has 3 nitrogen and oxygen atoms in total. The first kappa shape index (κ1) is 19.5. The van der Waals surface area contributed by atoms with E-state index in [0.29, 0.717) is 13.0 Å². The van der Waals surface area contributed by atoms with Gasteiger partial charge in [0.1, 0.15) is 0 Å². The summed E-state index contributed by atoms with van der Waals surface area (Å²) in [5.74, 6) is -15.5. The highest BCUT2D eigenvalue weighted by atomic mass is 19.4. The molecule has 0 aliphatic carbocycles. The molecule has 0 N–H and O–H groups in total. The molecule has 1 unspecified atom stereocenters. The van der Waals surface area contributed by atoms with Gasteiger partial charge in [0, 0.05) is 6.08 Å². The molecule has 0 rings (SSSR count). The maximum absolute atomic E-state index is 12.9. The zero-order chi connectivity index (χ0) is 17.3. The first-order chi connectivity index (χ1) is 9.10. The van der Waals surface area contributed by atoms with E-state index in [-0.39, 0.29) is 0 Å². The summed E-state index contributed by atoms with van der Waals surface area (Å²) in [7, 11) is 0. The summed E-state index contributed by atoms with van der Waals surface area (Å²) in [6.07, 6.45) is -15.4. The fourth-order valence-corrected chi connectivity index (χ4v) is 0.879. The molecule has 0 aromatic rings. The standard InChI is InChI=1S/C9H7F9O3/c1-3-5(19)20-4(2)21-9(17,18)7(12,13)6(10,11)8(14,15)16/h3-4H,1H2,2H3. The third-order valence-electron chi connectivity index (χ3n) is 1.88. The van der Waals surface area contributed by atoms with Gasteiger partial charge in [-0.25, -0.2) is 4.79 Å². The molecule has 12 heteroatoms. The van der Waals surface area contributed by atoms with Crippen molar-refractivity contribution in [3.8, 4) is 0 Å². The topological polar surface area (TPSA) is 35.5 Å². The summed E-state index contributed by atoms with van der Waals surface area (Å²) in [5, 5.41) is 0. The second kappa shape index (κ2) is 5.73. The quantitative estimate of drug-likeness (QED) is 0.323. The Balaban J connectivity index is 5.30. The van der Waals surface area contributed by atoms with E-state index in [1.54, 1.807) is 0 Å². The number of halogens is 9. The van der Waals surface area contributed by atoms with E-state index in [0.717, 1.165) is 0 Å². The molecule has 0 saturated heterocycles. The average molecular weight is 334 g/mol. The molecule has 0 saturated carbocycles. The van der Waals surface area contributed by atoms with E-state index in [2.05, 4.69) is 16.1 Å². The van der Waals surface area contributed by atoms with Crippen LogP contribution in [0.1, 0.15) is 6.92 Å². The Hall–Kier alpha value is -1.46. The number of hydrogen-bond acceptors (Lipinski definition) is 3. The van der Waals surface area contributed by atoms with Gasteiger partial charge in [0.25, 0.3) is 0 Å². The maximum Gasteiger partial charge on any atom is 0.460 e. The molecule has 0 radical (unpaired) electrons. The zero-order valence-electron chi connectivity index (χ0n) is 9.99. The first-order valence-electron chi connectivity index (χ1n) is 4.81. The van der Waals surface area contributed by atoms with Gasteiger partial charge >= 0.3 is 30.1 Å². The Labute approximate surface area is 111 Å². The SMILES string of the molecule is C=CC(=O)OC(C)OC(F)(F)C(F)(F)C(F)(F)C(F)(F)F. The summed E-state index contributed by atoms with van der Waals surface area (Å²) in [5.41, 5.74) is 0. The molecule has 0 spiro atoms. The maximum atomic E-state index is 12.9. The highest BCUT2D eigenvalue weighted by Crippen LogP contribution is 2.53. The third kappa shape index (κ3) is 3.80. The van der Waals surface area contributed by atoms with Crippen LogP contribution in [0, 0.1) is 0 Å². The lowest BCUT2D eigenvalue weighted by atomic mass is 10.1. The molecule has 0 heterocycles. The van der Waals surface area contributed by atoms with Gasteiger partial charge in [0.05, 0.1) is 0 Å². The molecule has 0 fully saturated rings. The molecule has 0 amide bonds. The van der Waals surface area contributed by atoms with Crippen LogP contribution in [0.25, 0.3) is 0 Å². The van der Waals surface area contributed by atoms with E-state index in [1.807, 2.05) is 0 Å². The minimum absolute atomic E-state index is 0.389. The molecular weight excluding hydrogens is 327 g/mol. The van der Waals surface area contributed by atoms with E-state index in [1.165, 1.54) is 0 Å². The summed E-state index contributed by atoms with van der Waals surface area (Å²) >= 11 is 0. The van der Waals surface area contributed by atoms with Crippen molar-refractivity contribution in [1.82, 2.24) is 0 Å². The summed E-state index contributed by atoms with van der Waals surface area (Å²) in [6.45, 7) is 3.20. The predicted molar refractivity (Wildman–Crippen MR) is 47.7 cm³/mol. The number of carbonyl (C=O) groups excluding carboxylic acids is 1. The van der Waals surface area contributed by atoms with Crippen LogP contribution in [0.3, 0.4) is 0 Å². The van der Waals surface area contributed by atoms with Crippen molar-refractivity contribution in [3.05, 3.63) is 12.7 Å². The van der Waals surface area contributed by atoms with Crippen molar-refractivity contribution < 1.29 is 53.8 Å². The van der Waals surface area contributed by atoms with Gasteiger partial charge in [-0.1, -0.05) is 6.58 Å². The minimum atomic E-state index is -7.08. The number of hydrogen-bond donors (Lipinski definition) is 0. The van der Waals surface area contributed by atoms with Crippen molar-refractivity contribution in [3.63, 3.8) is 0 Å². The number of alkyl halides is 9. The van der Waals surface area contributed by atoms with Crippen molar-refractivity contribution in [2.24, 2.45) is 0 Å². The van der Waals surface area contributed by atoms with Gasteiger partial charge in [-0.2, -0.15) is 39.5 Å². The van der Waals surface area contributed by atoms with Crippen LogP contribution in [-0.4, -0.2) is 36.4 Å². The highest BCUT2D eigenvalue weighted by Gasteiger charge is 2.83. The molecule has 1 atom stereocenters. The lowest BCUT2D eigenvalue weighted by Crippen LogP contribution is -2.62. The Kier molecular flexibility index (Phi) is 5.34. The largest absolute Gasteiger partial charge is 0.460 e. The van der Waals surface area contributed by atoms with E-state index in [4.69, 9.17) is 0 Å². The fraction of sp³-hybridized carbons (Fsp3) is 0.667. The van der Waals surface area contributed by atoms with Crippen molar-refractivity contribution in [1.29, 1.82) is 0 Å². The molecule has 0 bridgehead atoms. The lowest BCUT2D eigenvalue weighted by molar-refractivity contribution is -0.457. The molecule has 0 aromatic carbocycles. The van der Waals surface area contributed by atoms with E-state index >= 15 is 0 Å². The molecule has 0 aliphatic rings. The van der Waals surface area contributed by atoms with Crippen LogP contribution in [-0.2, 0) is 14.3 Å². The highest BCUT2D eigenvalue weighted by molar-refractivity contribution is 5.81. The van der Waals surface area contributed by atoms with Crippen LogP contribution in [0.4, 0.5) is 39.5 Å². The number of carbonyl (C=O) groups is 1. The van der Waals surface area contributed by atoms with Crippen molar-refractivity contribution in [2.75, 3.05) is 0 Å². The van der Waals surface area contributed by atoms with E-state index in [9.17, 15) is 44.3 Å². The summed E-state index contributed by atoms with van der Waals surface area (Å²) in [6, 6.07) is 0. The lowest BCUT2D eigenvalue weighted by Gasteiger charge is -2.33. The van der Waals surface area contributed by atoms with E-state index < -0.39 is 36.4 Å². The Morgan fingerprint density at radius 3 is 1.76 bits per heavy atom. The van der Waals surface area contributed by atoms with Gasteiger partial charge in [-0.15, -0.1) is 0 Å². The average Bonchev–Trinajstić information content (AvgIpc) is 2.25. The normalized spacial score (nSPS) is 15.5. The number of esters is 1. The Morgan fingerprint density at radius 2 is 1.43 bits per heavy atom. The summed E-state index contributed by atoms with van der Waals surface area (Å²) < 4.78 is 118. The van der Waals surface area contributed by atoms with Crippen LogP contribution < -0.4 is 0 Å². The van der Waals surface area contributed by atoms with Crippen molar-refractivity contribution >= 4 is 5.97 Å².